The van der Waals surface area contributed by atoms with Crippen molar-refractivity contribution in [2.24, 2.45) is 11.0 Å². The summed E-state index contributed by atoms with van der Waals surface area (Å²) in [5.41, 5.74) is 0.327. The maximum atomic E-state index is 12.9. The van der Waals surface area contributed by atoms with E-state index in [-0.39, 0.29) is 17.3 Å². The number of carbonyl (C=O) groups excluding carboxylic acids is 1. The standard InChI is InChI=1S/C11H13F5N2O2/c12-10(13,11(14,15)16)6-18-9(19)4-8(17-18)7-2-1-3-20-5-7/h7H,1-6H2. The number of hydrogen-bond donors (Lipinski definition) is 0. The molecule has 1 unspecified atom stereocenters. The van der Waals surface area contributed by atoms with Gasteiger partial charge >= 0.3 is 12.1 Å². The Morgan fingerprint density at radius 1 is 1.30 bits per heavy atom. The lowest BCUT2D eigenvalue weighted by atomic mass is 9.95. The van der Waals surface area contributed by atoms with Gasteiger partial charge in [-0.1, -0.05) is 0 Å². The molecule has 1 fully saturated rings. The fourth-order valence-corrected chi connectivity index (χ4v) is 2.12. The quantitative estimate of drug-likeness (QED) is 0.750. The van der Waals surface area contributed by atoms with E-state index in [1.54, 1.807) is 0 Å². The van der Waals surface area contributed by atoms with E-state index in [2.05, 4.69) is 5.10 Å². The van der Waals surface area contributed by atoms with Gasteiger partial charge in [0.15, 0.2) is 0 Å². The highest BCUT2D eigenvalue weighted by Crippen LogP contribution is 2.37. The SMILES string of the molecule is O=C1CC(C2CCCOC2)=NN1CC(F)(F)C(F)(F)F. The molecule has 0 aromatic carbocycles. The predicted octanol–water partition coefficient (Wildman–Crippen LogP) is 2.20. The predicted molar refractivity (Wildman–Crippen MR) is 58.3 cm³/mol. The van der Waals surface area contributed by atoms with Gasteiger partial charge in [0.05, 0.1) is 18.7 Å². The van der Waals surface area contributed by atoms with E-state index in [4.69, 9.17) is 4.74 Å². The van der Waals surface area contributed by atoms with Crippen molar-refractivity contribution < 1.29 is 31.5 Å². The Kier molecular flexibility index (Phi) is 3.99. The van der Waals surface area contributed by atoms with Gasteiger partial charge in [-0.25, -0.2) is 5.01 Å². The number of ether oxygens (including phenoxy) is 1. The maximum Gasteiger partial charge on any atom is 0.455 e. The van der Waals surface area contributed by atoms with Gasteiger partial charge in [-0.05, 0) is 12.8 Å². The summed E-state index contributed by atoms with van der Waals surface area (Å²) in [6.45, 7) is -0.879. The lowest BCUT2D eigenvalue weighted by molar-refractivity contribution is -0.285. The van der Waals surface area contributed by atoms with Gasteiger partial charge in [-0.15, -0.1) is 0 Å². The van der Waals surface area contributed by atoms with Gasteiger partial charge in [0, 0.05) is 12.5 Å². The molecular formula is C11H13F5N2O2. The molecule has 0 aliphatic carbocycles. The zero-order chi connectivity index (χ0) is 15.0. The molecule has 4 nitrogen and oxygen atoms in total. The smallest absolute Gasteiger partial charge is 0.381 e. The molecule has 1 atom stereocenters. The van der Waals surface area contributed by atoms with Gasteiger partial charge in [0.2, 0.25) is 5.91 Å². The van der Waals surface area contributed by atoms with Crippen LogP contribution in [0.15, 0.2) is 5.10 Å². The molecule has 2 heterocycles. The highest BCUT2D eigenvalue weighted by molar-refractivity contribution is 6.06. The normalized spacial score (nSPS) is 25.1. The maximum absolute atomic E-state index is 12.9. The minimum atomic E-state index is -5.69. The molecule has 0 bridgehead atoms. The van der Waals surface area contributed by atoms with Crippen molar-refractivity contribution in [2.75, 3.05) is 19.8 Å². The van der Waals surface area contributed by atoms with Crippen LogP contribution < -0.4 is 0 Å². The van der Waals surface area contributed by atoms with Crippen molar-refractivity contribution in [3.05, 3.63) is 0 Å². The average Bonchev–Trinajstić information content (AvgIpc) is 2.70. The van der Waals surface area contributed by atoms with Crippen LogP contribution in [0.3, 0.4) is 0 Å². The molecule has 1 saturated heterocycles. The van der Waals surface area contributed by atoms with Gasteiger partial charge < -0.3 is 4.74 Å². The monoisotopic (exact) mass is 300 g/mol. The first-order valence-corrected chi connectivity index (χ1v) is 6.11. The van der Waals surface area contributed by atoms with Gasteiger partial charge in [0.25, 0.3) is 0 Å². The zero-order valence-corrected chi connectivity index (χ0v) is 10.4. The average molecular weight is 300 g/mol. The fraction of sp³-hybridized carbons (Fsp3) is 0.818. The number of nitrogens with zero attached hydrogens (tertiary/aromatic N) is 2. The van der Waals surface area contributed by atoms with Crippen molar-refractivity contribution in [3.63, 3.8) is 0 Å². The van der Waals surface area contributed by atoms with E-state index >= 15 is 0 Å². The van der Waals surface area contributed by atoms with E-state index in [0.717, 1.165) is 6.42 Å². The van der Waals surface area contributed by atoms with E-state index in [9.17, 15) is 26.7 Å². The van der Waals surface area contributed by atoms with E-state index in [1.807, 2.05) is 0 Å². The Morgan fingerprint density at radius 3 is 2.55 bits per heavy atom. The Hall–Kier alpha value is -1.25. The number of halogens is 5. The molecule has 0 spiro atoms. The molecule has 0 N–H and O–H groups in total. The fourth-order valence-electron chi connectivity index (χ4n) is 2.12. The highest BCUT2D eigenvalue weighted by Gasteiger charge is 2.59. The van der Waals surface area contributed by atoms with Crippen molar-refractivity contribution in [1.82, 2.24) is 5.01 Å². The zero-order valence-electron chi connectivity index (χ0n) is 10.4. The summed E-state index contributed by atoms with van der Waals surface area (Å²) in [4.78, 5) is 11.5. The summed E-state index contributed by atoms with van der Waals surface area (Å²) in [5, 5.41) is 3.85. The second-order valence-corrected chi connectivity index (χ2v) is 4.84. The van der Waals surface area contributed by atoms with Crippen molar-refractivity contribution in [1.29, 1.82) is 0 Å². The Labute approximate surface area is 111 Å². The number of hydrazone groups is 1. The van der Waals surface area contributed by atoms with Gasteiger partial charge in [0.1, 0.15) is 6.54 Å². The summed E-state index contributed by atoms with van der Waals surface area (Å²) < 4.78 is 67.3. The third-order valence-electron chi connectivity index (χ3n) is 3.26. The first kappa shape index (κ1) is 15.1. The van der Waals surface area contributed by atoms with Crippen LogP contribution in [0.5, 0.6) is 0 Å². The van der Waals surface area contributed by atoms with Crippen LogP contribution in [-0.4, -0.2) is 48.5 Å². The molecule has 0 aromatic rings. The molecule has 9 heteroatoms. The van der Waals surface area contributed by atoms with Crippen LogP contribution in [0.1, 0.15) is 19.3 Å². The van der Waals surface area contributed by atoms with Gasteiger partial charge in [-0.3, -0.25) is 4.79 Å². The molecule has 2 aliphatic rings. The lowest BCUT2D eigenvalue weighted by Gasteiger charge is -2.23. The summed E-state index contributed by atoms with van der Waals surface area (Å²) >= 11 is 0. The number of alkyl halides is 5. The van der Waals surface area contributed by atoms with E-state index in [1.165, 1.54) is 0 Å². The number of hydrogen-bond acceptors (Lipinski definition) is 3. The first-order chi connectivity index (χ1) is 9.21. The third-order valence-corrected chi connectivity index (χ3v) is 3.26. The molecule has 2 aliphatic heterocycles. The van der Waals surface area contributed by atoms with Crippen LogP contribution >= 0.6 is 0 Å². The molecule has 114 valence electrons. The van der Waals surface area contributed by atoms with Crippen molar-refractivity contribution in [3.8, 4) is 0 Å². The van der Waals surface area contributed by atoms with Crippen molar-refractivity contribution >= 4 is 11.6 Å². The summed E-state index contributed by atoms with van der Waals surface area (Å²) in [5.74, 6) is -5.99. The van der Waals surface area contributed by atoms with Crippen LogP contribution in [0.4, 0.5) is 22.0 Å². The van der Waals surface area contributed by atoms with Crippen LogP contribution in [0.2, 0.25) is 0 Å². The largest absolute Gasteiger partial charge is 0.455 e. The molecule has 2 rings (SSSR count). The number of amides is 1. The Balaban J connectivity index is 2.05. The minimum Gasteiger partial charge on any atom is -0.381 e. The lowest BCUT2D eigenvalue weighted by Crippen LogP contribution is -2.46. The molecule has 0 aromatic heterocycles. The summed E-state index contributed by atoms with van der Waals surface area (Å²) in [6, 6.07) is 0. The van der Waals surface area contributed by atoms with Crippen LogP contribution in [0.25, 0.3) is 0 Å². The molecular weight excluding hydrogens is 287 g/mol. The van der Waals surface area contributed by atoms with E-state index < -0.39 is 24.6 Å². The van der Waals surface area contributed by atoms with Crippen molar-refractivity contribution in [2.45, 2.75) is 31.4 Å². The minimum absolute atomic E-state index is 0.183. The Morgan fingerprint density at radius 2 is 2.00 bits per heavy atom. The van der Waals surface area contributed by atoms with E-state index in [0.29, 0.717) is 25.3 Å². The Bertz CT molecular complexity index is 416. The first-order valence-electron chi connectivity index (χ1n) is 6.11. The second kappa shape index (κ2) is 5.27. The molecule has 0 radical (unpaired) electrons. The summed E-state index contributed by atoms with van der Waals surface area (Å²) in [7, 11) is 0. The molecule has 0 saturated carbocycles. The summed E-state index contributed by atoms with van der Waals surface area (Å²) in [6.07, 6.45) is -4.48. The topological polar surface area (TPSA) is 41.9 Å². The van der Waals surface area contributed by atoms with Crippen LogP contribution in [0, 0.1) is 5.92 Å². The number of rotatable bonds is 3. The molecule has 1 amide bonds. The number of carbonyl (C=O) groups is 1. The molecule has 20 heavy (non-hydrogen) atoms. The van der Waals surface area contributed by atoms with Gasteiger partial charge in [-0.2, -0.15) is 27.1 Å². The third kappa shape index (κ3) is 3.08. The van der Waals surface area contributed by atoms with Crippen LogP contribution in [-0.2, 0) is 9.53 Å². The highest BCUT2D eigenvalue weighted by atomic mass is 19.4. The second-order valence-electron chi connectivity index (χ2n) is 4.84.